The van der Waals surface area contributed by atoms with E-state index < -0.39 is 93.7 Å². The number of benzene rings is 4. The minimum atomic E-state index is -4.71. The van der Waals surface area contributed by atoms with Crippen LogP contribution in [0, 0.1) is 12.7 Å². The second-order valence-corrected chi connectivity index (χ2v) is 28.1. The summed E-state index contributed by atoms with van der Waals surface area (Å²) in [6, 6.07) is 17.5. The summed E-state index contributed by atoms with van der Waals surface area (Å²) in [4.78, 5) is 102. The lowest BCUT2D eigenvalue weighted by molar-refractivity contribution is -0.146. The normalized spacial score (nSPS) is 15.3. The molecule has 4 N–H and O–H groups in total. The number of carboxylic acids is 1. The van der Waals surface area contributed by atoms with Crippen molar-refractivity contribution in [2.45, 2.75) is 133 Å². The van der Waals surface area contributed by atoms with Crippen molar-refractivity contribution in [2.75, 3.05) is 73.2 Å². The number of sulfone groups is 1. The molecule has 2 aliphatic heterocycles. The Balaban J connectivity index is 0.000000230. The van der Waals surface area contributed by atoms with Crippen LogP contribution in [0.2, 0.25) is 5.02 Å². The highest BCUT2D eigenvalue weighted by molar-refractivity contribution is 7.90. The van der Waals surface area contributed by atoms with Crippen molar-refractivity contribution in [3.05, 3.63) is 135 Å². The number of carbonyl (C=O) groups excluding carboxylic acids is 6. The third-order valence-electron chi connectivity index (χ3n) is 15.0. The Labute approximate surface area is 584 Å². The van der Waals surface area contributed by atoms with Crippen LogP contribution >= 0.6 is 54.0 Å². The highest BCUT2D eigenvalue weighted by atomic mass is 35.5. The third kappa shape index (κ3) is 23.0. The van der Waals surface area contributed by atoms with Crippen molar-refractivity contribution in [1.29, 1.82) is 0 Å². The second-order valence-electron chi connectivity index (χ2n) is 22.7. The van der Waals surface area contributed by atoms with Crippen molar-refractivity contribution >= 4 is 122 Å². The second kappa shape index (κ2) is 37.4. The number of halogens is 8. The van der Waals surface area contributed by atoms with E-state index in [0.29, 0.717) is 67.5 Å². The summed E-state index contributed by atoms with van der Waals surface area (Å²) in [5.41, 5.74) is 3.23. The maximum Gasteiger partial charge on any atom is 0.416 e. The average molecular weight is 1500 g/mol. The summed E-state index contributed by atoms with van der Waals surface area (Å²) in [5, 5.41) is 13.5. The van der Waals surface area contributed by atoms with Gasteiger partial charge in [0, 0.05) is 42.1 Å². The van der Waals surface area contributed by atoms with Crippen molar-refractivity contribution in [3.8, 4) is 11.5 Å². The molecule has 0 saturated heterocycles. The van der Waals surface area contributed by atoms with Crippen LogP contribution in [0.5, 0.6) is 11.5 Å². The molecule has 98 heavy (non-hydrogen) atoms. The fourth-order valence-corrected chi connectivity index (χ4v) is 12.1. The molecule has 1 saturated carbocycles. The van der Waals surface area contributed by atoms with E-state index in [1.54, 1.807) is 16.9 Å². The van der Waals surface area contributed by atoms with Gasteiger partial charge in [0.25, 0.3) is 17.7 Å². The van der Waals surface area contributed by atoms with Crippen molar-refractivity contribution < 1.29 is 102 Å². The van der Waals surface area contributed by atoms with Crippen molar-refractivity contribution in [2.24, 2.45) is 0 Å². The zero-order chi connectivity index (χ0) is 73.0. The first-order chi connectivity index (χ1) is 46.1. The van der Waals surface area contributed by atoms with Gasteiger partial charge in [-0.1, -0.05) is 97.0 Å². The predicted octanol–water partition coefficient (Wildman–Crippen LogP) is 12.1. The molecule has 1 aromatic heterocycles. The summed E-state index contributed by atoms with van der Waals surface area (Å²) in [6.07, 6.45) is 4.54. The van der Waals surface area contributed by atoms with Gasteiger partial charge in [-0.05, 0) is 120 Å². The van der Waals surface area contributed by atoms with E-state index in [0.717, 1.165) is 97.2 Å². The van der Waals surface area contributed by atoms with Gasteiger partial charge in [-0.15, -0.1) is 11.6 Å². The summed E-state index contributed by atoms with van der Waals surface area (Å²) in [7, 11) is -6.50. The standard InChI is InChI=1S/C21H23ClFNO5.C15H22ClNO2.C15H12F3NO4S.C11H11Cl2NO2.C3H8NO5P/c1-2-3-6-9-28-19(25)12-29-18-11-17(16(23)10-15(18)22)24-20(26)13-7-4-5-8-14(13)21(24)27;1-5-13-8-6-7-11(2)15(13)17(14(18)9-16)12(3)10-19-4;1-24(21,22)12-6-9(15(16,17)18)4-5-10(12)13(20)11-7-19-23-14(11)8-2-3-8;1-7-6-16-9-5-3-2-4-8(9)14(7)11(15)10(12)13;5-3(6)1-4-2-10(7,8)9/h10-11H,2-9,12H2,1H3;6-8,12H,5,9-10H2,1-4H3;4-8H,2-3H2,1H3;2-5,7,10H,6H2,1H3;4H,1-2H2,(H,5,6)(H2,7,8,9). The number of imide groups is 1. The summed E-state index contributed by atoms with van der Waals surface area (Å²) < 4.78 is 113. The topological polar surface area (TPSA) is 316 Å². The minimum absolute atomic E-state index is 0.000883. The molecular formula is C65H76Cl4F4N5O18PS. The number of aromatic nitrogens is 1. The van der Waals surface area contributed by atoms with Crippen LogP contribution in [-0.4, -0.2) is 145 Å². The Kier molecular flexibility index (Phi) is 31.2. The molecule has 9 rings (SSSR count). The number of amides is 4. The molecule has 2 unspecified atom stereocenters. The van der Waals surface area contributed by atoms with E-state index in [1.165, 1.54) is 12.3 Å². The molecule has 0 spiro atoms. The minimum Gasteiger partial charge on any atom is -0.489 e. The van der Waals surface area contributed by atoms with E-state index in [-0.39, 0.29) is 63.3 Å². The van der Waals surface area contributed by atoms with Gasteiger partial charge in [0.05, 0.1) is 82.4 Å². The number of aliphatic carboxylic acids is 1. The van der Waals surface area contributed by atoms with E-state index in [4.69, 9.17) is 84.8 Å². The highest BCUT2D eigenvalue weighted by Crippen LogP contribution is 2.44. The van der Waals surface area contributed by atoms with Gasteiger partial charge in [-0.3, -0.25) is 38.6 Å². The molecule has 0 radical (unpaired) electrons. The quantitative estimate of drug-likeness (QED) is 0.00898. The molecule has 2 atom stereocenters. The van der Waals surface area contributed by atoms with Crippen molar-refractivity contribution in [3.63, 3.8) is 0 Å². The van der Waals surface area contributed by atoms with Gasteiger partial charge in [0.2, 0.25) is 5.91 Å². The Bertz CT molecular complexity index is 3840. The zero-order valence-corrected chi connectivity index (χ0v) is 59.2. The number of alkyl halides is 6. The van der Waals surface area contributed by atoms with Crippen LogP contribution in [0.4, 0.5) is 34.6 Å². The number of carbonyl (C=O) groups is 7. The molecule has 5 aromatic rings. The van der Waals surface area contributed by atoms with Crippen molar-refractivity contribution in [1.82, 2.24) is 10.5 Å². The monoisotopic (exact) mass is 1490 g/mol. The van der Waals surface area contributed by atoms with E-state index in [1.807, 2.05) is 64.1 Å². The molecule has 2 aliphatic carbocycles. The number of fused-ring (bicyclic) bond motifs is 1. The molecule has 0 bridgehead atoms. The number of aryl methyl sites for hydroxylation is 2. The fourth-order valence-electron chi connectivity index (χ4n) is 10.2. The molecule has 1 fully saturated rings. The zero-order valence-electron chi connectivity index (χ0n) is 54.5. The third-order valence-corrected chi connectivity index (χ3v) is 17.6. The maximum atomic E-state index is 14.5. The number of anilines is 3. The molecule has 4 aliphatic rings. The first kappa shape index (κ1) is 81.7. The Morgan fingerprint density at radius 3 is 2.14 bits per heavy atom. The van der Waals surface area contributed by atoms with Gasteiger partial charge < -0.3 is 48.2 Å². The molecule has 23 nitrogen and oxygen atoms in total. The lowest BCUT2D eigenvalue weighted by Crippen LogP contribution is -2.47. The lowest BCUT2D eigenvalue weighted by Gasteiger charge is -2.35. The molecule has 33 heteroatoms. The maximum absolute atomic E-state index is 14.5. The summed E-state index contributed by atoms with van der Waals surface area (Å²) in [6.45, 7) is 10.4. The highest BCUT2D eigenvalue weighted by Gasteiger charge is 2.42. The number of hydrogen-bond acceptors (Lipinski definition) is 17. The van der Waals surface area contributed by atoms with Crippen LogP contribution in [0.1, 0.15) is 130 Å². The SMILES string of the molecule is CC1COc2ccccc2N1C(=O)C(Cl)Cl.CCCCCOC(=O)COc1cc(N2C(=O)C3=C(CCCC3)C2=O)c(F)cc1Cl.CCc1cccc(C)c1N(C(=O)CCl)C(C)COC.CS(=O)(=O)c1cc(C(F)(F)F)ccc1C(=O)c1cnoc1C1CC1.O=C(O)CNCP(=O)(O)O. The number of methoxy groups -OCH3 is 1. The Hall–Kier alpha value is -6.98. The number of ketones is 1. The smallest absolute Gasteiger partial charge is 0.416 e. The number of rotatable bonds is 23. The van der Waals surface area contributed by atoms with Crippen LogP contribution in [-0.2, 0) is 65.2 Å². The number of hydrogen-bond donors (Lipinski definition) is 4. The van der Waals surface area contributed by atoms with Gasteiger partial charge >= 0.3 is 25.7 Å². The number of esters is 1. The molecule has 4 aromatic carbocycles. The number of para-hydroxylation sites is 3. The van der Waals surface area contributed by atoms with Crippen LogP contribution in [0.25, 0.3) is 0 Å². The molecule has 3 heterocycles. The Morgan fingerprint density at radius 1 is 0.929 bits per heavy atom. The molecular weight excluding hydrogens is 1420 g/mol. The summed E-state index contributed by atoms with van der Waals surface area (Å²) in [5.74, 6) is -3.61. The number of unbranched alkanes of at least 4 members (excludes halogenated alkanes) is 2. The largest absolute Gasteiger partial charge is 0.489 e. The van der Waals surface area contributed by atoms with Gasteiger partial charge in [0.1, 0.15) is 29.8 Å². The van der Waals surface area contributed by atoms with Gasteiger partial charge in [-0.2, -0.15) is 13.2 Å². The predicted molar refractivity (Wildman–Crippen MR) is 359 cm³/mol. The number of nitrogens with zero attached hydrogens (tertiary/aromatic N) is 4. The number of nitrogens with one attached hydrogen (secondary N) is 1. The molecule has 536 valence electrons. The van der Waals surface area contributed by atoms with E-state index in [2.05, 4.69) is 23.5 Å². The van der Waals surface area contributed by atoms with E-state index in [9.17, 15) is 64.1 Å². The number of carboxylic acid groups (broad SMARTS) is 1. The van der Waals surface area contributed by atoms with Crippen LogP contribution < -0.4 is 29.5 Å². The number of ether oxygens (including phenoxy) is 4. The van der Waals surface area contributed by atoms with Crippen LogP contribution in [0.3, 0.4) is 0 Å². The van der Waals surface area contributed by atoms with Gasteiger partial charge in [-0.25, -0.2) is 22.5 Å². The summed E-state index contributed by atoms with van der Waals surface area (Å²) >= 11 is 23.0. The van der Waals surface area contributed by atoms with Crippen LogP contribution in [0.15, 0.2) is 99.6 Å². The van der Waals surface area contributed by atoms with Gasteiger partial charge in [0.15, 0.2) is 32.8 Å². The first-order valence-electron chi connectivity index (χ1n) is 30.7. The fraction of sp³-hybridized carbons (Fsp3) is 0.446. The Morgan fingerprint density at radius 2 is 1.58 bits per heavy atom. The average Bonchev–Trinajstić information content (AvgIpc) is 1.52. The first-order valence-corrected chi connectivity index (χ1v) is 36.1. The molecule has 4 amide bonds. The lowest BCUT2D eigenvalue weighted by atomic mass is 9.93. The van der Waals surface area contributed by atoms with E-state index >= 15 is 0 Å².